The molecule has 124 valence electrons. The number of aliphatic hydroxyl groups is 1. The summed E-state index contributed by atoms with van der Waals surface area (Å²) in [6.07, 6.45) is -0.515. The lowest BCUT2D eigenvalue weighted by molar-refractivity contribution is -0.0703. The number of hydrogen-bond acceptors (Lipinski definition) is 4. The van der Waals surface area contributed by atoms with Crippen LogP contribution in [0.4, 0.5) is 0 Å². The van der Waals surface area contributed by atoms with Crippen LogP contribution < -0.4 is 4.74 Å². The van der Waals surface area contributed by atoms with Crippen molar-refractivity contribution in [2.45, 2.75) is 25.5 Å². The number of hydrogen-bond donors (Lipinski definition) is 1. The van der Waals surface area contributed by atoms with Crippen LogP contribution in [-0.4, -0.2) is 54.6 Å². The quantitative estimate of drug-likeness (QED) is 0.921. The van der Waals surface area contributed by atoms with Crippen LogP contribution in [-0.2, 0) is 4.74 Å². The molecule has 0 bridgehead atoms. The van der Waals surface area contributed by atoms with Crippen LogP contribution in [0.3, 0.4) is 0 Å². The van der Waals surface area contributed by atoms with Gasteiger partial charge < -0.3 is 14.6 Å². The molecule has 1 saturated heterocycles. The van der Waals surface area contributed by atoms with E-state index in [0.29, 0.717) is 19.8 Å². The van der Waals surface area contributed by atoms with Gasteiger partial charge in [-0.05, 0) is 36.8 Å². The predicted molar refractivity (Wildman–Crippen MR) is 91.9 cm³/mol. The van der Waals surface area contributed by atoms with Gasteiger partial charge in [0.15, 0.2) is 0 Å². The molecule has 0 spiro atoms. The van der Waals surface area contributed by atoms with Crippen molar-refractivity contribution in [1.82, 2.24) is 4.90 Å². The number of nitrogens with zero attached hydrogens (tertiary/aromatic N) is 1. The van der Waals surface area contributed by atoms with E-state index in [-0.39, 0.29) is 5.54 Å². The topological polar surface area (TPSA) is 41.9 Å². The summed E-state index contributed by atoms with van der Waals surface area (Å²) >= 11 is 0. The van der Waals surface area contributed by atoms with Gasteiger partial charge in [-0.2, -0.15) is 0 Å². The Morgan fingerprint density at radius 2 is 2.00 bits per heavy atom. The summed E-state index contributed by atoms with van der Waals surface area (Å²) in [5.41, 5.74) is -0.0395. The SMILES string of the molecule is CC1(C)COCCN1CC(O)COc1ccc2ccccc2c1. The summed E-state index contributed by atoms with van der Waals surface area (Å²) in [5, 5.41) is 12.6. The molecule has 1 aliphatic rings. The van der Waals surface area contributed by atoms with Crippen molar-refractivity contribution in [2.24, 2.45) is 0 Å². The Morgan fingerprint density at radius 1 is 1.22 bits per heavy atom. The molecule has 1 N–H and O–H groups in total. The van der Waals surface area contributed by atoms with Gasteiger partial charge in [0.2, 0.25) is 0 Å². The summed E-state index contributed by atoms with van der Waals surface area (Å²) in [7, 11) is 0. The monoisotopic (exact) mass is 315 g/mol. The van der Waals surface area contributed by atoms with E-state index in [1.807, 2.05) is 30.3 Å². The van der Waals surface area contributed by atoms with Gasteiger partial charge in [-0.15, -0.1) is 0 Å². The third kappa shape index (κ3) is 4.02. The molecule has 0 saturated carbocycles. The molecule has 2 aromatic carbocycles. The van der Waals surface area contributed by atoms with Crippen molar-refractivity contribution < 1.29 is 14.6 Å². The van der Waals surface area contributed by atoms with E-state index >= 15 is 0 Å². The van der Waals surface area contributed by atoms with Crippen molar-refractivity contribution in [1.29, 1.82) is 0 Å². The van der Waals surface area contributed by atoms with Gasteiger partial charge in [-0.1, -0.05) is 30.3 Å². The minimum Gasteiger partial charge on any atom is -0.491 e. The van der Waals surface area contributed by atoms with Crippen LogP contribution in [0.5, 0.6) is 5.75 Å². The molecule has 1 aliphatic heterocycles. The Kier molecular flexibility index (Phi) is 4.85. The summed E-state index contributed by atoms with van der Waals surface area (Å²) in [4.78, 5) is 2.27. The van der Waals surface area contributed by atoms with Crippen molar-refractivity contribution in [3.63, 3.8) is 0 Å². The first kappa shape index (κ1) is 16.2. The molecule has 0 radical (unpaired) electrons. The van der Waals surface area contributed by atoms with Gasteiger partial charge in [0.25, 0.3) is 0 Å². The second-order valence-corrected chi connectivity index (χ2v) is 6.78. The fourth-order valence-electron chi connectivity index (χ4n) is 2.99. The molecule has 4 heteroatoms. The number of benzene rings is 2. The lowest BCUT2D eigenvalue weighted by atomic mass is 10.0. The average molecular weight is 315 g/mol. The van der Waals surface area contributed by atoms with E-state index < -0.39 is 6.10 Å². The van der Waals surface area contributed by atoms with Crippen LogP contribution in [0.15, 0.2) is 42.5 Å². The normalized spacial score (nSPS) is 19.6. The molecule has 1 fully saturated rings. The van der Waals surface area contributed by atoms with Crippen LogP contribution in [0.2, 0.25) is 0 Å². The van der Waals surface area contributed by atoms with Gasteiger partial charge >= 0.3 is 0 Å². The minimum atomic E-state index is -0.515. The van der Waals surface area contributed by atoms with Gasteiger partial charge in [0.1, 0.15) is 18.5 Å². The highest BCUT2D eigenvalue weighted by Gasteiger charge is 2.31. The largest absolute Gasteiger partial charge is 0.491 e. The first-order chi connectivity index (χ1) is 11.0. The summed E-state index contributed by atoms with van der Waals surface area (Å²) in [6, 6.07) is 14.2. The van der Waals surface area contributed by atoms with Gasteiger partial charge in [0, 0.05) is 18.6 Å². The maximum atomic E-state index is 10.3. The zero-order valence-electron chi connectivity index (χ0n) is 13.9. The standard InChI is InChI=1S/C19H25NO3/c1-19(2)14-22-10-9-20(19)12-17(21)13-23-18-8-7-15-5-3-4-6-16(15)11-18/h3-8,11,17,21H,9-10,12-14H2,1-2H3. The lowest BCUT2D eigenvalue weighted by Crippen LogP contribution is -2.55. The van der Waals surface area contributed by atoms with Crippen molar-refractivity contribution in [2.75, 3.05) is 32.9 Å². The van der Waals surface area contributed by atoms with Crippen molar-refractivity contribution in [3.8, 4) is 5.75 Å². The Balaban J connectivity index is 1.56. The molecule has 4 nitrogen and oxygen atoms in total. The fraction of sp³-hybridized carbons (Fsp3) is 0.474. The van der Waals surface area contributed by atoms with Gasteiger partial charge in [0.05, 0.1) is 13.2 Å². The molecular formula is C19H25NO3. The first-order valence-corrected chi connectivity index (χ1v) is 8.17. The molecule has 0 aromatic heterocycles. The number of ether oxygens (including phenoxy) is 2. The van der Waals surface area contributed by atoms with Crippen LogP contribution in [0.25, 0.3) is 10.8 Å². The molecule has 0 amide bonds. The van der Waals surface area contributed by atoms with E-state index in [4.69, 9.17) is 9.47 Å². The van der Waals surface area contributed by atoms with E-state index in [0.717, 1.165) is 24.3 Å². The molecule has 23 heavy (non-hydrogen) atoms. The number of morpholine rings is 1. The fourth-order valence-corrected chi connectivity index (χ4v) is 2.99. The number of β-amino-alcohol motifs (C(OH)–C–C–N with tert-alkyl or cyclic N) is 1. The highest BCUT2D eigenvalue weighted by molar-refractivity contribution is 5.83. The lowest BCUT2D eigenvalue weighted by Gasteiger charge is -2.42. The van der Waals surface area contributed by atoms with Crippen molar-refractivity contribution >= 4 is 10.8 Å². The molecule has 1 heterocycles. The van der Waals surface area contributed by atoms with Gasteiger partial charge in [-0.25, -0.2) is 0 Å². The zero-order chi connectivity index (χ0) is 16.3. The number of aliphatic hydroxyl groups excluding tert-OH is 1. The highest BCUT2D eigenvalue weighted by Crippen LogP contribution is 2.22. The molecule has 0 aliphatic carbocycles. The van der Waals surface area contributed by atoms with Crippen LogP contribution in [0.1, 0.15) is 13.8 Å². The third-order valence-corrected chi connectivity index (χ3v) is 4.41. The Hall–Kier alpha value is -1.62. The number of fused-ring (bicyclic) bond motifs is 1. The molecule has 2 aromatic rings. The molecule has 1 unspecified atom stereocenters. The first-order valence-electron chi connectivity index (χ1n) is 8.17. The summed E-state index contributed by atoms with van der Waals surface area (Å²) in [5.74, 6) is 0.795. The Bertz CT molecular complexity index is 656. The second kappa shape index (κ2) is 6.87. The third-order valence-electron chi connectivity index (χ3n) is 4.41. The Morgan fingerprint density at radius 3 is 2.78 bits per heavy atom. The molecular weight excluding hydrogens is 290 g/mol. The van der Waals surface area contributed by atoms with E-state index in [1.54, 1.807) is 0 Å². The van der Waals surface area contributed by atoms with Crippen molar-refractivity contribution in [3.05, 3.63) is 42.5 Å². The van der Waals surface area contributed by atoms with Crippen LogP contribution in [0, 0.1) is 0 Å². The average Bonchev–Trinajstić information content (AvgIpc) is 2.54. The van der Waals surface area contributed by atoms with E-state index in [9.17, 15) is 5.11 Å². The smallest absolute Gasteiger partial charge is 0.120 e. The maximum Gasteiger partial charge on any atom is 0.120 e. The Labute approximate surface area is 137 Å². The minimum absolute atomic E-state index is 0.0395. The second-order valence-electron chi connectivity index (χ2n) is 6.78. The molecule has 3 rings (SSSR count). The molecule has 1 atom stereocenters. The van der Waals surface area contributed by atoms with Gasteiger partial charge in [-0.3, -0.25) is 4.90 Å². The summed E-state index contributed by atoms with van der Waals surface area (Å²) in [6.45, 7) is 7.45. The summed E-state index contributed by atoms with van der Waals surface area (Å²) < 4.78 is 11.3. The van der Waals surface area contributed by atoms with E-state index in [2.05, 4.69) is 30.9 Å². The highest BCUT2D eigenvalue weighted by atomic mass is 16.5. The van der Waals surface area contributed by atoms with E-state index in [1.165, 1.54) is 5.39 Å². The maximum absolute atomic E-state index is 10.3. The van der Waals surface area contributed by atoms with Crippen LogP contribution >= 0.6 is 0 Å². The zero-order valence-corrected chi connectivity index (χ0v) is 13.9. The predicted octanol–water partition coefficient (Wildman–Crippen LogP) is 2.69. The number of rotatable bonds is 5.